The quantitative estimate of drug-likeness (QED) is 0.939. The van der Waals surface area contributed by atoms with Crippen molar-refractivity contribution >= 4 is 0 Å². The first-order chi connectivity index (χ1) is 11.2. The third-order valence-corrected chi connectivity index (χ3v) is 4.09. The van der Waals surface area contributed by atoms with Crippen molar-refractivity contribution in [3.63, 3.8) is 0 Å². The molecule has 5 nitrogen and oxygen atoms in total. The summed E-state index contributed by atoms with van der Waals surface area (Å²) in [4.78, 5) is 0. The Morgan fingerprint density at radius 3 is 2.30 bits per heavy atom. The van der Waals surface area contributed by atoms with E-state index in [2.05, 4.69) is 0 Å². The van der Waals surface area contributed by atoms with Gasteiger partial charge in [0.05, 0.1) is 33.0 Å². The number of aliphatic hydroxyl groups is 1. The first-order valence-electron chi connectivity index (χ1n) is 7.40. The minimum Gasteiger partial charge on any atom is -0.493 e. The number of methoxy groups -OCH3 is 3. The van der Waals surface area contributed by atoms with E-state index < -0.39 is 6.10 Å². The van der Waals surface area contributed by atoms with Crippen LogP contribution in [0.2, 0.25) is 0 Å². The molecule has 0 fully saturated rings. The predicted molar refractivity (Wildman–Crippen MR) is 85.9 cm³/mol. The Bertz CT molecular complexity index is 684. The molecular formula is C18H20O5. The molecule has 0 saturated carbocycles. The highest BCUT2D eigenvalue weighted by molar-refractivity contribution is 5.65. The van der Waals surface area contributed by atoms with Gasteiger partial charge < -0.3 is 24.1 Å². The number of fused-ring (bicyclic) bond motifs is 1. The van der Waals surface area contributed by atoms with Gasteiger partial charge in [-0.25, -0.2) is 0 Å². The van der Waals surface area contributed by atoms with Crippen LogP contribution in [0.4, 0.5) is 0 Å². The van der Waals surface area contributed by atoms with Crippen molar-refractivity contribution in [2.75, 3.05) is 27.9 Å². The lowest BCUT2D eigenvalue weighted by atomic mass is 9.84. The standard InChI is InChI=1S/C18H20O5/c1-20-14-9-13-16(18(22-3)17(14)21-2)15(12(19)10-23-13)11-7-5-4-6-8-11/h4-9,12,15,19H,10H2,1-3H3/t12-,15+/m0/s1. The van der Waals surface area contributed by atoms with Gasteiger partial charge in [-0.1, -0.05) is 30.3 Å². The Balaban J connectivity index is 2.25. The van der Waals surface area contributed by atoms with E-state index in [1.165, 1.54) is 0 Å². The first kappa shape index (κ1) is 15.5. The van der Waals surface area contributed by atoms with Crippen LogP contribution in [-0.2, 0) is 0 Å². The van der Waals surface area contributed by atoms with Crippen molar-refractivity contribution in [1.82, 2.24) is 0 Å². The summed E-state index contributed by atoms with van der Waals surface area (Å²) in [5, 5.41) is 10.5. The van der Waals surface area contributed by atoms with Crippen LogP contribution in [0.3, 0.4) is 0 Å². The molecule has 1 aliphatic rings. The van der Waals surface area contributed by atoms with Crippen LogP contribution >= 0.6 is 0 Å². The molecule has 2 atom stereocenters. The molecule has 0 spiro atoms. The molecule has 0 radical (unpaired) electrons. The molecule has 2 aromatic rings. The highest BCUT2D eigenvalue weighted by Gasteiger charge is 2.36. The van der Waals surface area contributed by atoms with Crippen molar-refractivity contribution in [2.24, 2.45) is 0 Å². The lowest BCUT2D eigenvalue weighted by Gasteiger charge is -2.33. The monoisotopic (exact) mass is 316 g/mol. The number of hydrogen-bond acceptors (Lipinski definition) is 5. The summed E-state index contributed by atoms with van der Waals surface area (Å²) in [6.45, 7) is 0.213. The molecule has 1 heterocycles. The highest BCUT2D eigenvalue weighted by Crippen LogP contribution is 2.51. The zero-order valence-electron chi connectivity index (χ0n) is 13.4. The topological polar surface area (TPSA) is 57.2 Å². The molecular weight excluding hydrogens is 296 g/mol. The van der Waals surface area contributed by atoms with Crippen molar-refractivity contribution in [3.05, 3.63) is 47.5 Å². The van der Waals surface area contributed by atoms with Crippen molar-refractivity contribution < 1.29 is 24.1 Å². The Morgan fingerprint density at radius 1 is 1.00 bits per heavy atom. The highest BCUT2D eigenvalue weighted by atomic mass is 16.5. The second kappa shape index (κ2) is 6.38. The van der Waals surface area contributed by atoms with Gasteiger partial charge in [-0.05, 0) is 5.56 Å². The molecule has 0 unspecified atom stereocenters. The van der Waals surface area contributed by atoms with E-state index in [0.29, 0.717) is 23.0 Å². The fourth-order valence-corrected chi connectivity index (χ4v) is 3.08. The summed E-state index contributed by atoms with van der Waals surface area (Å²) in [5.74, 6) is 1.93. The third-order valence-electron chi connectivity index (χ3n) is 4.09. The van der Waals surface area contributed by atoms with E-state index in [4.69, 9.17) is 18.9 Å². The molecule has 1 aliphatic heterocycles. The molecule has 3 rings (SSSR count). The minimum atomic E-state index is -0.670. The number of ether oxygens (including phenoxy) is 4. The lowest BCUT2D eigenvalue weighted by molar-refractivity contribution is 0.0751. The molecule has 0 aromatic heterocycles. The summed E-state index contributed by atoms with van der Waals surface area (Å²) < 4.78 is 22.1. The molecule has 0 saturated heterocycles. The fourth-order valence-electron chi connectivity index (χ4n) is 3.08. The number of aliphatic hydroxyl groups excluding tert-OH is 1. The van der Waals surface area contributed by atoms with E-state index in [1.807, 2.05) is 30.3 Å². The van der Waals surface area contributed by atoms with Gasteiger partial charge in [0.15, 0.2) is 11.5 Å². The van der Waals surface area contributed by atoms with Gasteiger partial charge in [-0.3, -0.25) is 0 Å². The van der Waals surface area contributed by atoms with Gasteiger partial charge in [-0.2, -0.15) is 0 Å². The Kier molecular flexibility index (Phi) is 4.30. The Morgan fingerprint density at radius 2 is 1.70 bits per heavy atom. The van der Waals surface area contributed by atoms with E-state index >= 15 is 0 Å². The maximum Gasteiger partial charge on any atom is 0.203 e. The number of rotatable bonds is 4. The summed E-state index contributed by atoms with van der Waals surface area (Å²) in [6, 6.07) is 11.6. The fraction of sp³-hybridized carbons (Fsp3) is 0.333. The van der Waals surface area contributed by atoms with Gasteiger partial charge in [-0.15, -0.1) is 0 Å². The molecule has 2 aromatic carbocycles. The average molecular weight is 316 g/mol. The zero-order chi connectivity index (χ0) is 16.4. The minimum absolute atomic E-state index is 0.213. The Hall–Kier alpha value is -2.40. The number of hydrogen-bond donors (Lipinski definition) is 1. The van der Waals surface area contributed by atoms with E-state index in [9.17, 15) is 5.11 Å². The van der Waals surface area contributed by atoms with Crippen LogP contribution in [0.15, 0.2) is 36.4 Å². The van der Waals surface area contributed by atoms with Crippen molar-refractivity contribution in [1.29, 1.82) is 0 Å². The number of benzene rings is 2. The van der Waals surface area contributed by atoms with Gasteiger partial charge in [0.25, 0.3) is 0 Å². The summed E-state index contributed by atoms with van der Waals surface area (Å²) >= 11 is 0. The second-order valence-corrected chi connectivity index (χ2v) is 5.32. The molecule has 0 aliphatic carbocycles. The van der Waals surface area contributed by atoms with E-state index in [1.54, 1.807) is 27.4 Å². The Labute approximate surface area is 135 Å². The molecule has 5 heteroatoms. The van der Waals surface area contributed by atoms with Crippen LogP contribution in [0.1, 0.15) is 17.0 Å². The van der Waals surface area contributed by atoms with Crippen molar-refractivity contribution in [3.8, 4) is 23.0 Å². The van der Waals surface area contributed by atoms with Crippen LogP contribution in [0.5, 0.6) is 23.0 Å². The predicted octanol–water partition coefficient (Wildman–Crippen LogP) is 2.60. The molecule has 0 bridgehead atoms. The van der Waals surface area contributed by atoms with Crippen LogP contribution < -0.4 is 18.9 Å². The van der Waals surface area contributed by atoms with Crippen LogP contribution in [0.25, 0.3) is 0 Å². The maximum absolute atomic E-state index is 10.5. The molecule has 1 N–H and O–H groups in total. The zero-order valence-corrected chi connectivity index (χ0v) is 13.4. The lowest BCUT2D eigenvalue weighted by Crippen LogP contribution is -2.32. The van der Waals surface area contributed by atoms with Gasteiger partial charge in [0.1, 0.15) is 12.4 Å². The third kappa shape index (κ3) is 2.57. The van der Waals surface area contributed by atoms with Gasteiger partial charge in [0, 0.05) is 12.0 Å². The SMILES string of the molecule is COc1cc2c(c(OC)c1OC)[C@H](c1ccccc1)[C@@H](O)CO2. The molecule has 23 heavy (non-hydrogen) atoms. The van der Waals surface area contributed by atoms with Crippen LogP contribution in [0, 0.1) is 0 Å². The first-order valence-corrected chi connectivity index (χ1v) is 7.40. The van der Waals surface area contributed by atoms with E-state index in [-0.39, 0.29) is 12.5 Å². The van der Waals surface area contributed by atoms with Crippen LogP contribution in [-0.4, -0.2) is 39.1 Å². The second-order valence-electron chi connectivity index (χ2n) is 5.32. The largest absolute Gasteiger partial charge is 0.493 e. The normalized spacial score (nSPS) is 19.5. The summed E-state index contributed by atoms with van der Waals surface area (Å²) in [6.07, 6.45) is -0.670. The average Bonchev–Trinajstić information content (AvgIpc) is 2.60. The van der Waals surface area contributed by atoms with Gasteiger partial charge in [0.2, 0.25) is 5.75 Å². The summed E-state index contributed by atoms with van der Waals surface area (Å²) in [5.41, 5.74) is 1.77. The maximum atomic E-state index is 10.5. The van der Waals surface area contributed by atoms with Gasteiger partial charge >= 0.3 is 0 Å². The van der Waals surface area contributed by atoms with E-state index in [0.717, 1.165) is 11.1 Å². The van der Waals surface area contributed by atoms with Crippen molar-refractivity contribution in [2.45, 2.75) is 12.0 Å². The molecule has 122 valence electrons. The smallest absolute Gasteiger partial charge is 0.203 e. The summed E-state index contributed by atoms with van der Waals surface area (Å²) in [7, 11) is 4.70. The molecule has 0 amide bonds.